The van der Waals surface area contributed by atoms with Gasteiger partial charge >= 0.3 is 0 Å². The molecule has 2 aromatic rings. The number of hydrogen-bond acceptors (Lipinski definition) is 2. The van der Waals surface area contributed by atoms with E-state index >= 15 is 0 Å². The Kier molecular flexibility index (Phi) is 5.43. The van der Waals surface area contributed by atoms with Crippen LogP contribution in [0.15, 0.2) is 18.2 Å². The van der Waals surface area contributed by atoms with E-state index in [1.165, 1.54) is 19.3 Å². The maximum atomic E-state index is 9.04. The van der Waals surface area contributed by atoms with Crippen LogP contribution >= 0.6 is 11.6 Å². The van der Waals surface area contributed by atoms with Crippen LogP contribution in [0.3, 0.4) is 0 Å². The van der Waals surface area contributed by atoms with E-state index in [1.54, 1.807) is 0 Å². The highest BCUT2D eigenvalue weighted by Crippen LogP contribution is 2.20. The van der Waals surface area contributed by atoms with Gasteiger partial charge in [-0.2, -0.15) is 5.26 Å². The van der Waals surface area contributed by atoms with Gasteiger partial charge in [0.05, 0.1) is 22.7 Å². The second kappa shape index (κ2) is 7.31. The zero-order valence-corrected chi connectivity index (χ0v) is 12.7. The van der Waals surface area contributed by atoms with Gasteiger partial charge in [0, 0.05) is 18.8 Å². The van der Waals surface area contributed by atoms with Crippen LogP contribution < -0.4 is 0 Å². The molecule has 0 bridgehead atoms. The van der Waals surface area contributed by atoms with Crippen molar-refractivity contribution in [2.75, 3.05) is 5.88 Å². The molecule has 0 aliphatic carbocycles. The summed E-state index contributed by atoms with van der Waals surface area (Å²) in [6.45, 7) is 3.17. The van der Waals surface area contributed by atoms with E-state index in [0.717, 1.165) is 36.2 Å². The predicted octanol–water partition coefficient (Wildman–Crippen LogP) is 4.27. The Morgan fingerprint density at radius 3 is 2.85 bits per heavy atom. The Balaban J connectivity index is 2.31. The largest absolute Gasteiger partial charge is 0.328 e. The summed E-state index contributed by atoms with van der Waals surface area (Å²) in [4.78, 5) is 4.65. The molecule has 3 nitrogen and oxygen atoms in total. The molecule has 0 amide bonds. The monoisotopic (exact) mass is 289 g/mol. The molecular weight excluding hydrogens is 270 g/mol. The average molecular weight is 290 g/mol. The molecule has 0 aliphatic heterocycles. The molecule has 1 aromatic carbocycles. The summed E-state index contributed by atoms with van der Waals surface area (Å²) in [5.74, 6) is 1.60. The number of nitriles is 1. The second-order valence-electron chi connectivity index (χ2n) is 4.99. The molecule has 0 spiro atoms. The van der Waals surface area contributed by atoms with Crippen LogP contribution in [0.25, 0.3) is 11.0 Å². The molecule has 0 atom stereocenters. The molecule has 0 saturated carbocycles. The number of imidazole rings is 1. The molecular formula is C16H20ClN3. The Bertz CT molecular complexity index is 610. The van der Waals surface area contributed by atoms with Crippen molar-refractivity contribution in [2.45, 2.75) is 45.6 Å². The van der Waals surface area contributed by atoms with Gasteiger partial charge in [-0.05, 0) is 24.6 Å². The van der Waals surface area contributed by atoms with Crippen LogP contribution in [0, 0.1) is 11.3 Å². The quantitative estimate of drug-likeness (QED) is 0.564. The summed E-state index contributed by atoms with van der Waals surface area (Å²) < 4.78 is 2.23. The van der Waals surface area contributed by atoms with Gasteiger partial charge in [-0.25, -0.2) is 4.98 Å². The van der Waals surface area contributed by atoms with Gasteiger partial charge in [0.2, 0.25) is 0 Å². The number of aryl methyl sites for hydroxylation is 2. The highest BCUT2D eigenvalue weighted by atomic mass is 35.5. The highest BCUT2D eigenvalue weighted by molar-refractivity contribution is 6.17. The van der Waals surface area contributed by atoms with Crippen molar-refractivity contribution in [1.82, 2.24) is 9.55 Å². The number of aromatic nitrogens is 2. The van der Waals surface area contributed by atoms with Crippen molar-refractivity contribution in [3.05, 3.63) is 29.6 Å². The minimum atomic E-state index is 0.573. The van der Waals surface area contributed by atoms with Crippen LogP contribution in [0.2, 0.25) is 0 Å². The minimum absolute atomic E-state index is 0.573. The third-order valence-corrected chi connectivity index (χ3v) is 3.70. The van der Waals surface area contributed by atoms with Gasteiger partial charge in [-0.15, -0.1) is 11.6 Å². The molecule has 0 aliphatic rings. The Labute approximate surface area is 125 Å². The van der Waals surface area contributed by atoms with E-state index in [0.29, 0.717) is 11.4 Å². The summed E-state index contributed by atoms with van der Waals surface area (Å²) in [7, 11) is 0. The van der Waals surface area contributed by atoms with Crippen LogP contribution in [-0.2, 0) is 13.0 Å². The lowest BCUT2D eigenvalue weighted by atomic mass is 10.2. The molecule has 0 unspecified atom stereocenters. The molecule has 1 aromatic heterocycles. The summed E-state index contributed by atoms with van der Waals surface area (Å²) in [5, 5.41) is 9.04. The highest BCUT2D eigenvalue weighted by Gasteiger charge is 2.10. The topological polar surface area (TPSA) is 41.6 Å². The van der Waals surface area contributed by atoms with Gasteiger partial charge < -0.3 is 4.57 Å². The first-order valence-corrected chi connectivity index (χ1v) is 7.78. The minimum Gasteiger partial charge on any atom is -0.328 e. The molecule has 1 heterocycles. The maximum Gasteiger partial charge on any atom is 0.111 e. The Hall–Kier alpha value is -1.53. The van der Waals surface area contributed by atoms with Crippen molar-refractivity contribution in [1.29, 1.82) is 5.26 Å². The van der Waals surface area contributed by atoms with E-state index in [2.05, 4.69) is 22.5 Å². The molecule has 0 fully saturated rings. The van der Waals surface area contributed by atoms with E-state index in [1.807, 2.05) is 18.2 Å². The van der Waals surface area contributed by atoms with Gasteiger partial charge in [0.25, 0.3) is 0 Å². The van der Waals surface area contributed by atoms with Crippen molar-refractivity contribution in [3.8, 4) is 6.07 Å². The van der Waals surface area contributed by atoms with E-state index in [9.17, 15) is 0 Å². The standard InChI is InChI=1S/C16H20ClN3/c1-2-3-4-5-10-20-15-11-13(12-18)6-7-14(15)19-16(20)8-9-17/h6-7,11H,2-5,8-10H2,1H3. The molecule has 106 valence electrons. The summed E-state index contributed by atoms with van der Waals surface area (Å²) in [6, 6.07) is 7.87. The molecule has 0 radical (unpaired) electrons. The van der Waals surface area contributed by atoms with Gasteiger partial charge in [0.1, 0.15) is 5.82 Å². The number of benzene rings is 1. The Morgan fingerprint density at radius 2 is 2.15 bits per heavy atom. The fourth-order valence-electron chi connectivity index (χ4n) is 2.46. The van der Waals surface area contributed by atoms with Crippen LogP contribution in [0.5, 0.6) is 0 Å². The molecule has 0 saturated heterocycles. The number of rotatable bonds is 7. The van der Waals surface area contributed by atoms with E-state index < -0.39 is 0 Å². The summed E-state index contributed by atoms with van der Waals surface area (Å²) in [5.41, 5.74) is 2.70. The first kappa shape index (κ1) is 14.9. The van der Waals surface area contributed by atoms with Crippen molar-refractivity contribution < 1.29 is 0 Å². The Morgan fingerprint density at radius 1 is 1.30 bits per heavy atom. The van der Waals surface area contributed by atoms with Gasteiger partial charge in [-0.3, -0.25) is 0 Å². The SMILES string of the molecule is CCCCCCn1c(CCCl)nc2ccc(C#N)cc21. The number of unbranched alkanes of at least 4 members (excludes halogenated alkanes) is 3. The van der Waals surface area contributed by atoms with Crippen molar-refractivity contribution in [3.63, 3.8) is 0 Å². The fraction of sp³-hybridized carbons (Fsp3) is 0.500. The normalized spacial score (nSPS) is 10.8. The van der Waals surface area contributed by atoms with Crippen LogP contribution in [0.1, 0.15) is 44.0 Å². The lowest BCUT2D eigenvalue weighted by molar-refractivity contribution is 0.576. The smallest absolute Gasteiger partial charge is 0.111 e. The zero-order valence-electron chi connectivity index (χ0n) is 11.9. The molecule has 4 heteroatoms. The third-order valence-electron chi connectivity index (χ3n) is 3.51. The number of alkyl halides is 1. The van der Waals surface area contributed by atoms with Crippen LogP contribution in [0.4, 0.5) is 0 Å². The predicted molar refractivity (Wildman–Crippen MR) is 83.0 cm³/mol. The molecule has 2 rings (SSSR count). The lowest BCUT2D eigenvalue weighted by Gasteiger charge is -2.08. The summed E-state index contributed by atoms with van der Waals surface area (Å²) in [6.07, 6.45) is 5.64. The van der Waals surface area contributed by atoms with Gasteiger partial charge in [0.15, 0.2) is 0 Å². The second-order valence-corrected chi connectivity index (χ2v) is 5.37. The molecule has 20 heavy (non-hydrogen) atoms. The van der Waals surface area contributed by atoms with Crippen LogP contribution in [-0.4, -0.2) is 15.4 Å². The number of nitrogens with zero attached hydrogens (tertiary/aromatic N) is 3. The number of hydrogen-bond donors (Lipinski definition) is 0. The number of halogens is 1. The first-order chi connectivity index (χ1) is 9.80. The first-order valence-electron chi connectivity index (χ1n) is 7.25. The van der Waals surface area contributed by atoms with Gasteiger partial charge in [-0.1, -0.05) is 26.2 Å². The maximum absolute atomic E-state index is 9.04. The lowest BCUT2D eigenvalue weighted by Crippen LogP contribution is -2.05. The molecule has 0 N–H and O–H groups in total. The average Bonchev–Trinajstić information content (AvgIpc) is 2.81. The third kappa shape index (κ3) is 3.32. The van der Waals surface area contributed by atoms with E-state index in [4.69, 9.17) is 16.9 Å². The number of fused-ring (bicyclic) bond motifs is 1. The van der Waals surface area contributed by atoms with Crippen molar-refractivity contribution in [2.24, 2.45) is 0 Å². The van der Waals surface area contributed by atoms with Crippen molar-refractivity contribution >= 4 is 22.6 Å². The fourth-order valence-corrected chi connectivity index (χ4v) is 2.63. The zero-order chi connectivity index (χ0) is 14.4. The van der Waals surface area contributed by atoms with E-state index in [-0.39, 0.29) is 0 Å². The summed E-state index contributed by atoms with van der Waals surface area (Å²) >= 11 is 5.87.